The quantitative estimate of drug-likeness (QED) is 0.560. The lowest BCUT2D eigenvalue weighted by Gasteiger charge is -2.50. The molecule has 0 saturated heterocycles. The molecule has 0 amide bonds. The maximum absolute atomic E-state index is 9.87. The van der Waals surface area contributed by atoms with E-state index < -0.39 is 0 Å². The van der Waals surface area contributed by atoms with E-state index in [0.717, 1.165) is 30.1 Å². The third-order valence-corrected chi connectivity index (χ3v) is 8.51. The van der Waals surface area contributed by atoms with Gasteiger partial charge in [0, 0.05) is 5.41 Å². The van der Waals surface area contributed by atoms with Crippen LogP contribution in [0.3, 0.4) is 0 Å². The van der Waals surface area contributed by atoms with Gasteiger partial charge in [-0.3, -0.25) is 0 Å². The highest BCUT2D eigenvalue weighted by Crippen LogP contribution is 2.54. The van der Waals surface area contributed by atoms with Crippen LogP contribution in [0.25, 0.3) is 0 Å². The van der Waals surface area contributed by atoms with Gasteiger partial charge in [0.25, 0.3) is 0 Å². The third kappa shape index (κ3) is 3.86. The van der Waals surface area contributed by atoms with Crippen LogP contribution in [-0.4, -0.2) is 10.2 Å². The normalized spacial score (nSPS) is 29.1. The molecular weight excluding hydrogens is 368 g/mol. The van der Waals surface area contributed by atoms with E-state index in [-0.39, 0.29) is 5.41 Å². The first-order valence-corrected chi connectivity index (χ1v) is 12.0. The van der Waals surface area contributed by atoms with Crippen molar-refractivity contribution in [1.29, 1.82) is 0 Å². The minimum Gasteiger partial charge on any atom is -0.508 e. The highest BCUT2D eigenvalue weighted by atomic mass is 16.3. The van der Waals surface area contributed by atoms with Gasteiger partial charge in [-0.05, 0) is 97.1 Å². The van der Waals surface area contributed by atoms with Gasteiger partial charge in [0.1, 0.15) is 11.5 Å². The van der Waals surface area contributed by atoms with Crippen molar-refractivity contribution in [2.75, 3.05) is 0 Å². The summed E-state index contributed by atoms with van der Waals surface area (Å²) in [6, 6.07) is 15.7. The summed E-state index contributed by atoms with van der Waals surface area (Å²) in [6.07, 6.45) is 9.29. The molecule has 2 heteroatoms. The van der Waals surface area contributed by atoms with Crippen LogP contribution in [0.2, 0.25) is 0 Å². The SMILES string of the molecule is CC(C)C1CCCCC1C1CCC(c2ccc(O)cc2)(c2ccc(O)cc2)C(C)C1. The second kappa shape index (κ2) is 8.65. The standard InChI is InChI=1S/C28H38O2/c1-19(2)26-6-4-5-7-27(26)21-16-17-28(20(3)18-21,22-8-12-24(29)13-9-22)23-10-14-25(30)15-11-23/h8-15,19-21,26-27,29-30H,4-7,16-18H2,1-3H3. The molecular formula is C28H38O2. The van der Waals surface area contributed by atoms with Gasteiger partial charge in [-0.25, -0.2) is 0 Å². The maximum Gasteiger partial charge on any atom is 0.115 e. The van der Waals surface area contributed by atoms with Crippen LogP contribution in [0, 0.1) is 29.6 Å². The first-order valence-electron chi connectivity index (χ1n) is 12.0. The van der Waals surface area contributed by atoms with Crippen molar-refractivity contribution in [1.82, 2.24) is 0 Å². The molecule has 0 heterocycles. The van der Waals surface area contributed by atoms with E-state index >= 15 is 0 Å². The van der Waals surface area contributed by atoms with Crippen molar-refractivity contribution in [2.24, 2.45) is 29.6 Å². The Bertz CT molecular complexity index is 775. The average Bonchev–Trinajstić information content (AvgIpc) is 2.75. The Morgan fingerprint density at radius 1 is 0.800 bits per heavy atom. The summed E-state index contributed by atoms with van der Waals surface area (Å²) < 4.78 is 0. The minimum absolute atomic E-state index is 0.0557. The number of hydrogen-bond donors (Lipinski definition) is 2. The van der Waals surface area contributed by atoms with Crippen LogP contribution in [0.4, 0.5) is 0 Å². The zero-order valence-corrected chi connectivity index (χ0v) is 18.8. The molecule has 0 spiro atoms. The molecule has 30 heavy (non-hydrogen) atoms. The Morgan fingerprint density at radius 3 is 1.83 bits per heavy atom. The number of phenols is 2. The lowest BCUT2D eigenvalue weighted by atomic mass is 9.54. The third-order valence-electron chi connectivity index (χ3n) is 8.51. The molecule has 0 radical (unpaired) electrons. The Hall–Kier alpha value is -1.96. The van der Waals surface area contributed by atoms with E-state index in [1.165, 1.54) is 49.7 Å². The number of aromatic hydroxyl groups is 2. The van der Waals surface area contributed by atoms with Crippen molar-refractivity contribution in [3.63, 3.8) is 0 Å². The van der Waals surface area contributed by atoms with E-state index in [4.69, 9.17) is 0 Å². The summed E-state index contributed by atoms with van der Waals surface area (Å²) >= 11 is 0. The second-order valence-corrected chi connectivity index (χ2v) is 10.4. The van der Waals surface area contributed by atoms with Gasteiger partial charge in [-0.2, -0.15) is 0 Å². The molecule has 2 fully saturated rings. The molecule has 4 rings (SSSR count). The highest BCUT2D eigenvalue weighted by molar-refractivity contribution is 5.44. The van der Waals surface area contributed by atoms with E-state index in [2.05, 4.69) is 45.0 Å². The lowest BCUT2D eigenvalue weighted by molar-refractivity contribution is 0.0611. The van der Waals surface area contributed by atoms with Crippen molar-refractivity contribution in [3.05, 3.63) is 59.7 Å². The predicted molar refractivity (Wildman–Crippen MR) is 124 cm³/mol. The second-order valence-electron chi connectivity index (χ2n) is 10.4. The van der Waals surface area contributed by atoms with Gasteiger partial charge >= 0.3 is 0 Å². The minimum atomic E-state index is -0.0557. The number of hydrogen-bond acceptors (Lipinski definition) is 2. The summed E-state index contributed by atoms with van der Waals surface area (Å²) in [5.74, 6) is 4.51. The van der Waals surface area contributed by atoms with Gasteiger partial charge in [0.2, 0.25) is 0 Å². The molecule has 2 aliphatic carbocycles. The van der Waals surface area contributed by atoms with E-state index in [1.807, 2.05) is 24.3 Å². The van der Waals surface area contributed by atoms with Crippen LogP contribution in [-0.2, 0) is 5.41 Å². The maximum atomic E-state index is 9.87. The highest BCUT2D eigenvalue weighted by Gasteiger charge is 2.46. The fourth-order valence-electron chi connectivity index (χ4n) is 6.96. The molecule has 0 aliphatic heterocycles. The summed E-state index contributed by atoms with van der Waals surface area (Å²) in [5.41, 5.74) is 2.53. The molecule has 4 atom stereocenters. The smallest absolute Gasteiger partial charge is 0.115 e. The van der Waals surface area contributed by atoms with E-state index in [0.29, 0.717) is 17.4 Å². The molecule has 2 aliphatic rings. The molecule has 2 aromatic rings. The molecule has 162 valence electrons. The average molecular weight is 407 g/mol. The monoisotopic (exact) mass is 406 g/mol. The van der Waals surface area contributed by atoms with E-state index in [1.54, 1.807) is 0 Å². The molecule has 0 bridgehead atoms. The van der Waals surface area contributed by atoms with Crippen molar-refractivity contribution in [3.8, 4) is 11.5 Å². The zero-order valence-electron chi connectivity index (χ0n) is 18.8. The Labute approximate surface area is 182 Å². The van der Waals surface area contributed by atoms with Crippen molar-refractivity contribution < 1.29 is 10.2 Å². The largest absolute Gasteiger partial charge is 0.508 e. The summed E-state index contributed by atoms with van der Waals surface area (Å²) in [6.45, 7) is 7.28. The zero-order chi connectivity index (χ0) is 21.3. The van der Waals surface area contributed by atoms with Crippen LogP contribution in [0.1, 0.15) is 76.8 Å². The summed E-state index contributed by atoms with van der Waals surface area (Å²) in [7, 11) is 0. The fourth-order valence-corrected chi connectivity index (χ4v) is 6.96. The topological polar surface area (TPSA) is 40.5 Å². The number of phenolic OH excluding ortho intramolecular Hbond substituents is 2. The summed E-state index contributed by atoms with van der Waals surface area (Å²) in [5, 5.41) is 19.7. The number of benzene rings is 2. The Morgan fingerprint density at radius 2 is 1.33 bits per heavy atom. The first kappa shape index (κ1) is 21.3. The first-order chi connectivity index (χ1) is 14.4. The number of rotatable bonds is 4. The van der Waals surface area contributed by atoms with Crippen LogP contribution < -0.4 is 0 Å². The van der Waals surface area contributed by atoms with Crippen molar-refractivity contribution >= 4 is 0 Å². The van der Waals surface area contributed by atoms with Gasteiger partial charge in [-0.1, -0.05) is 57.9 Å². The van der Waals surface area contributed by atoms with Crippen LogP contribution in [0.5, 0.6) is 11.5 Å². The lowest BCUT2D eigenvalue weighted by Crippen LogP contribution is -2.43. The molecule has 0 aromatic heterocycles. The fraction of sp³-hybridized carbons (Fsp3) is 0.571. The van der Waals surface area contributed by atoms with Crippen molar-refractivity contribution in [2.45, 2.75) is 71.1 Å². The molecule has 2 nitrogen and oxygen atoms in total. The Kier molecular flexibility index (Phi) is 6.14. The molecule has 2 aromatic carbocycles. The molecule has 4 unspecified atom stereocenters. The molecule has 2 saturated carbocycles. The Balaban J connectivity index is 1.67. The van der Waals surface area contributed by atoms with Gasteiger partial charge in [-0.15, -0.1) is 0 Å². The van der Waals surface area contributed by atoms with Crippen LogP contribution >= 0.6 is 0 Å². The van der Waals surface area contributed by atoms with Gasteiger partial charge < -0.3 is 10.2 Å². The van der Waals surface area contributed by atoms with E-state index in [9.17, 15) is 10.2 Å². The predicted octanol–water partition coefficient (Wildman–Crippen LogP) is 7.28. The van der Waals surface area contributed by atoms with Gasteiger partial charge in [0.05, 0.1) is 0 Å². The van der Waals surface area contributed by atoms with Gasteiger partial charge in [0.15, 0.2) is 0 Å². The van der Waals surface area contributed by atoms with Crippen LogP contribution in [0.15, 0.2) is 48.5 Å². The molecule has 2 N–H and O–H groups in total. The summed E-state index contributed by atoms with van der Waals surface area (Å²) in [4.78, 5) is 0.